The zero-order chi connectivity index (χ0) is 28.6. The smallest absolute Gasteiger partial charge is 0.186 e. The van der Waals surface area contributed by atoms with Gasteiger partial charge in [-0.25, -0.2) is 0 Å². The highest BCUT2D eigenvalue weighted by molar-refractivity contribution is 5.92. The minimum atomic E-state index is -1.67. The minimum Gasteiger partial charge on any atom is -0.394 e. The fourth-order valence-electron chi connectivity index (χ4n) is 5.33. The number of aliphatic hydroxyl groups excluding tert-OH is 7. The summed E-state index contributed by atoms with van der Waals surface area (Å²) < 4.78 is 22.1. The molecule has 0 radical (unpaired) electrons. The number of carbonyl (C=O) groups excluding carboxylic acids is 1. The number of hydrogen-bond donors (Lipinski definition) is 8. The maximum absolute atomic E-state index is 12.0. The Hall–Kier alpha value is -1.07. The van der Waals surface area contributed by atoms with Gasteiger partial charge in [-0.2, -0.15) is 0 Å². The fraction of sp³-hybridized carbons (Fsp3) is 0.880. The van der Waals surface area contributed by atoms with Gasteiger partial charge >= 0.3 is 0 Å². The van der Waals surface area contributed by atoms with Crippen LogP contribution in [-0.4, -0.2) is 133 Å². The maximum atomic E-state index is 12.0. The summed E-state index contributed by atoms with van der Waals surface area (Å²) >= 11 is 0. The molecule has 3 rings (SSSR count). The molecule has 13 nitrogen and oxygen atoms in total. The van der Waals surface area contributed by atoms with Crippen LogP contribution in [0.1, 0.15) is 47.0 Å². The average Bonchev–Trinajstić information content (AvgIpc) is 2.85. The number of rotatable bonds is 9. The molecule has 0 aromatic carbocycles. The van der Waals surface area contributed by atoms with Crippen LogP contribution in [0.2, 0.25) is 0 Å². The molecule has 0 amide bonds. The summed E-state index contributed by atoms with van der Waals surface area (Å²) in [4.78, 5) is 12.0. The molecule has 38 heavy (non-hydrogen) atoms. The van der Waals surface area contributed by atoms with Gasteiger partial charge in [0.05, 0.1) is 24.9 Å². The van der Waals surface area contributed by atoms with Gasteiger partial charge in [0.2, 0.25) is 0 Å². The summed E-state index contributed by atoms with van der Waals surface area (Å²) in [5.41, 5.74) is -1.39. The minimum absolute atomic E-state index is 0.0512. The molecule has 220 valence electrons. The maximum Gasteiger partial charge on any atom is 0.186 e. The van der Waals surface area contributed by atoms with Gasteiger partial charge in [-0.3, -0.25) is 4.79 Å². The van der Waals surface area contributed by atoms with E-state index < -0.39 is 91.7 Å². The molecule has 2 aliphatic heterocycles. The van der Waals surface area contributed by atoms with Crippen LogP contribution in [0.5, 0.6) is 0 Å². The molecule has 2 heterocycles. The highest BCUT2D eigenvalue weighted by Gasteiger charge is 2.50. The van der Waals surface area contributed by atoms with Gasteiger partial charge in [0.25, 0.3) is 0 Å². The quantitative estimate of drug-likeness (QED) is 0.149. The Kier molecular flexibility index (Phi) is 10.1. The van der Waals surface area contributed by atoms with E-state index in [1.165, 1.54) is 6.08 Å². The molecule has 2 saturated heterocycles. The molecule has 12 atom stereocenters. The summed E-state index contributed by atoms with van der Waals surface area (Å²) in [6.07, 6.45) is -13.4. The first-order valence-corrected chi connectivity index (χ1v) is 12.8. The van der Waals surface area contributed by atoms with E-state index in [0.29, 0.717) is 12.0 Å². The van der Waals surface area contributed by atoms with E-state index >= 15 is 0 Å². The van der Waals surface area contributed by atoms with Crippen molar-refractivity contribution in [2.24, 2.45) is 5.41 Å². The third-order valence-electron chi connectivity index (χ3n) is 7.99. The van der Waals surface area contributed by atoms with Crippen LogP contribution in [0.15, 0.2) is 11.6 Å². The second-order valence-corrected chi connectivity index (χ2v) is 11.2. The van der Waals surface area contributed by atoms with Gasteiger partial charge in [-0.05, 0) is 38.3 Å². The standard InChI is InChI=1S/C25H42O13/c1-11-7-13(27)8-24(3,4)25(11,34)6-5-12(2)36-23-21(33)19(31)17(29)15(38-23)10-35-22-20(32)18(30)16(28)14(9-26)37-22/h7,12,14-23,26,28-34H,5-6,8-10H2,1-4H3. The molecule has 0 saturated carbocycles. The molecule has 1 aliphatic carbocycles. The van der Waals surface area contributed by atoms with Crippen molar-refractivity contribution >= 4 is 5.78 Å². The van der Waals surface area contributed by atoms with E-state index in [2.05, 4.69) is 0 Å². The van der Waals surface area contributed by atoms with Crippen LogP contribution in [-0.2, 0) is 23.7 Å². The number of hydrogen-bond acceptors (Lipinski definition) is 13. The first-order chi connectivity index (χ1) is 17.6. The normalized spacial score (nSPS) is 44.5. The lowest BCUT2D eigenvalue weighted by atomic mass is 9.63. The summed E-state index contributed by atoms with van der Waals surface area (Å²) in [6.45, 7) is 5.92. The second kappa shape index (κ2) is 12.2. The summed E-state index contributed by atoms with van der Waals surface area (Å²) in [5.74, 6) is -0.0512. The van der Waals surface area contributed by atoms with Gasteiger partial charge in [0, 0.05) is 11.8 Å². The number of ether oxygens (including phenoxy) is 4. The Morgan fingerprint density at radius 1 is 0.947 bits per heavy atom. The topological polar surface area (TPSA) is 216 Å². The van der Waals surface area contributed by atoms with Crippen molar-refractivity contribution in [3.63, 3.8) is 0 Å². The molecular weight excluding hydrogens is 508 g/mol. The van der Waals surface area contributed by atoms with Gasteiger partial charge in [0.15, 0.2) is 18.4 Å². The zero-order valence-corrected chi connectivity index (χ0v) is 22.1. The van der Waals surface area contributed by atoms with Crippen LogP contribution in [0.4, 0.5) is 0 Å². The molecule has 3 aliphatic rings. The van der Waals surface area contributed by atoms with Crippen molar-refractivity contribution in [3.05, 3.63) is 11.6 Å². The third kappa shape index (κ3) is 6.29. The predicted molar refractivity (Wildman–Crippen MR) is 128 cm³/mol. The number of ketones is 1. The average molecular weight is 551 g/mol. The first kappa shape index (κ1) is 31.5. The van der Waals surface area contributed by atoms with Crippen LogP contribution < -0.4 is 0 Å². The lowest BCUT2D eigenvalue weighted by molar-refractivity contribution is -0.335. The predicted octanol–water partition coefficient (Wildman–Crippen LogP) is -2.53. The Morgan fingerprint density at radius 2 is 1.50 bits per heavy atom. The van der Waals surface area contributed by atoms with Crippen LogP contribution in [0, 0.1) is 5.41 Å². The van der Waals surface area contributed by atoms with Gasteiger partial charge in [-0.1, -0.05) is 13.8 Å². The SMILES string of the molecule is CC1=CC(=O)CC(C)(C)C1(O)CCC(C)OC1OC(COC2OC(CO)C(O)C(O)C2O)C(O)C(O)C1O. The number of allylic oxidation sites excluding steroid dienone is 1. The summed E-state index contributed by atoms with van der Waals surface area (Å²) in [6, 6.07) is 0. The van der Waals surface area contributed by atoms with Crippen molar-refractivity contribution < 1.29 is 64.6 Å². The van der Waals surface area contributed by atoms with Crippen LogP contribution >= 0.6 is 0 Å². The van der Waals surface area contributed by atoms with E-state index in [4.69, 9.17) is 18.9 Å². The number of aliphatic hydroxyl groups is 8. The number of carbonyl (C=O) groups is 1. The van der Waals surface area contributed by atoms with E-state index in [1.807, 2.05) is 13.8 Å². The van der Waals surface area contributed by atoms with E-state index in [1.54, 1.807) is 13.8 Å². The molecule has 8 N–H and O–H groups in total. The monoisotopic (exact) mass is 550 g/mol. The molecule has 2 fully saturated rings. The molecule has 12 unspecified atom stereocenters. The lowest BCUT2D eigenvalue weighted by Gasteiger charge is -2.46. The summed E-state index contributed by atoms with van der Waals surface area (Å²) in [7, 11) is 0. The van der Waals surface area contributed by atoms with Crippen molar-refractivity contribution in [1.82, 2.24) is 0 Å². The van der Waals surface area contributed by atoms with E-state index in [9.17, 15) is 45.6 Å². The Labute approximate surface area is 221 Å². The lowest BCUT2D eigenvalue weighted by Crippen LogP contribution is -2.62. The van der Waals surface area contributed by atoms with Crippen molar-refractivity contribution in [2.45, 2.75) is 120 Å². The van der Waals surface area contributed by atoms with Crippen LogP contribution in [0.25, 0.3) is 0 Å². The molecule has 0 aromatic rings. The molecule has 0 spiro atoms. The Morgan fingerprint density at radius 3 is 2.08 bits per heavy atom. The first-order valence-electron chi connectivity index (χ1n) is 12.8. The molecule has 13 heteroatoms. The van der Waals surface area contributed by atoms with Gasteiger partial charge in [-0.15, -0.1) is 0 Å². The van der Waals surface area contributed by atoms with Crippen LogP contribution in [0.3, 0.4) is 0 Å². The highest BCUT2D eigenvalue weighted by atomic mass is 16.7. The highest BCUT2D eigenvalue weighted by Crippen LogP contribution is 2.46. The third-order valence-corrected chi connectivity index (χ3v) is 7.99. The van der Waals surface area contributed by atoms with Gasteiger partial charge in [0.1, 0.15) is 48.8 Å². The zero-order valence-electron chi connectivity index (χ0n) is 22.1. The second-order valence-electron chi connectivity index (χ2n) is 11.2. The molecule has 0 bridgehead atoms. The van der Waals surface area contributed by atoms with E-state index in [-0.39, 0.29) is 18.6 Å². The summed E-state index contributed by atoms with van der Waals surface area (Å²) in [5, 5.41) is 81.8. The Balaban J connectivity index is 1.60. The van der Waals surface area contributed by atoms with Crippen molar-refractivity contribution in [2.75, 3.05) is 13.2 Å². The molecule has 0 aromatic heterocycles. The molecular formula is C25H42O13. The Bertz CT molecular complexity index is 847. The largest absolute Gasteiger partial charge is 0.394 e. The van der Waals surface area contributed by atoms with Crippen molar-refractivity contribution in [1.29, 1.82) is 0 Å². The van der Waals surface area contributed by atoms with Crippen molar-refractivity contribution in [3.8, 4) is 0 Å². The van der Waals surface area contributed by atoms with E-state index in [0.717, 1.165) is 0 Å². The fourth-order valence-corrected chi connectivity index (χ4v) is 5.33. The van der Waals surface area contributed by atoms with Gasteiger partial charge < -0.3 is 59.8 Å².